The van der Waals surface area contributed by atoms with Crippen molar-refractivity contribution in [3.8, 4) is 0 Å². The number of rotatable bonds is 4. The molecule has 19 heavy (non-hydrogen) atoms. The van der Waals surface area contributed by atoms with E-state index in [1.54, 1.807) is 26.1 Å². The summed E-state index contributed by atoms with van der Waals surface area (Å²) in [6.07, 6.45) is 1.81. The van der Waals surface area contributed by atoms with Crippen LogP contribution >= 0.6 is 0 Å². The Labute approximate surface area is 110 Å². The predicted octanol–water partition coefficient (Wildman–Crippen LogP) is 1.96. The number of carboxylic acids is 1. The maximum Gasteiger partial charge on any atom is 0.308 e. The molecule has 0 bridgehead atoms. The van der Waals surface area contributed by atoms with Gasteiger partial charge >= 0.3 is 5.97 Å². The molecule has 1 amide bonds. The van der Waals surface area contributed by atoms with Gasteiger partial charge in [0.25, 0.3) is 5.91 Å². The fourth-order valence-corrected chi connectivity index (χ4v) is 1.98. The standard InChI is InChI=1S/C14H16N2O3/c1-9(14(18)19)8-16(2)13(17)11-3-4-12-10(7-11)5-6-15-12/h3-7,9,15H,8H2,1-2H3,(H,18,19). The van der Waals surface area contributed by atoms with Gasteiger partial charge in [0, 0.05) is 36.3 Å². The number of H-pyrrole nitrogens is 1. The second-order valence-electron chi connectivity index (χ2n) is 4.70. The van der Waals surface area contributed by atoms with Gasteiger partial charge in [-0.15, -0.1) is 0 Å². The number of amides is 1. The third-order valence-electron chi connectivity index (χ3n) is 3.12. The SMILES string of the molecule is CC(CN(C)C(=O)c1ccc2[nH]ccc2c1)C(=O)O. The first-order chi connectivity index (χ1) is 8.99. The highest BCUT2D eigenvalue weighted by Crippen LogP contribution is 2.15. The minimum atomic E-state index is -0.902. The molecule has 0 aliphatic rings. The molecule has 0 aliphatic carbocycles. The largest absolute Gasteiger partial charge is 0.481 e. The highest BCUT2D eigenvalue weighted by Gasteiger charge is 2.18. The third-order valence-corrected chi connectivity index (χ3v) is 3.12. The fourth-order valence-electron chi connectivity index (χ4n) is 1.98. The van der Waals surface area contributed by atoms with Crippen molar-refractivity contribution < 1.29 is 14.7 Å². The van der Waals surface area contributed by atoms with Gasteiger partial charge in [-0.05, 0) is 24.3 Å². The summed E-state index contributed by atoms with van der Waals surface area (Å²) < 4.78 is 0. The Balaban J connectivity index is 2.16. The van der Waals surface area contributed by atoms with Crippen molar-refractivity contribution in [3.63, 3.8) is 0 Å². The molecule has 0 fully saturated rings. The summed E-state index contributed by atoms with van der Waals surface area (Å²) in [7, 11) is 1.61. The van der Waals surface area contributed by atoms with Crippen LogP contribution in [0.3, 0.4) is 0 Å². The van der Waals surface area contributed by atoms with Crippen molar-refractivity contribution in [2.75, 3.05) is 13.6 Å². The van der Waals surface area contributed by atoms with Crippen molar-refractivity contribution in [3.05, 3.63) is 36.0 Å². The first kappa shape index (κ1) is 13.1. The van der Waals surface area contributed by atoms with Gasteiger partial charge in [0.2, 0.25) is 0 Å². The van der Waals surface area contributed by atoms with E-state index in [-0.39, 0.29) is 12.5 Å². The van der Waals surface area contributed by atoms with E-state index in [1.165, 1.54) is 4.90 Å². The summed E-state index contributed by atoms with van der Waals surface area (Å²) in [5, 5.41) is 9.82. The van der Waals surface area contributed by atoms with Gasteiger partial charge < -0.3 is 15.0 Å². The summed E-state index contributed by atoms with van der Waals surface area (Å²) >= 11 is 0. The Morgan fingerprint density at radius 1 is 1.37 bits per heavy atom. The molecule has 0 saturated carbocycles. The molecule has 2 rings (SSSR count). The first-order valence-electron chi connectivity index (χ1n) is 6.04. The van der Waals surface area contributed by atoms with Crippen LogP contribution in [-0.4, -0.2) is 40.5 Å². The van der Waals surface area contributed by atoms with E-state index in [1.807, 2.05) is 18.3 Å². The van der Waals surface area contributed by atoms with Gasteiger partial charge in [-0.1, -0.05) is 6.92 Å². The van der Waals surface area contributed by atoms with Gasteiger partial charge in [-0.3, -0.25) is 9.59 Å². The lowest BCUT2D eigenvalue weighted by Crippen LogP contribution is -2.33. The van der Waals surface area contributed by atoms with Crippen LogP contribution in [-0.2, 0) is 4.79 Å². The van der Waals surface area contributed by atoms with Crippen LogP contribution in [0.1, 0.15) is 17.3 Å². The van der Waals surface area contributed by atoms with Gasteiger partial charge in [-0.25, -0.2) is 0 Å². The number of carboxylic acid groups (broad SMARTS) is 1. The van der Waals surface area contributed by atoms with Crippen LogP contribution < -0.4 is 0 Å². The first-order valence-corrected chi connectivity index (χ1v) is 6.04. The van der Waals surface area contributed by atoms with E-state index >= 15 is 0 Å². The molecule has 1 unspecified atom stereocenters. The second kappa shape index (κ2) is 5.14. The number of carbonyl (C=O) groups excluding carboxylic acids is 1. The fraction of sp³-hybridized carbons (Fsp3) is 0.286. The summed E-state index contributed by atoms with van der Waals surface area (Å²) in [6, 6.07) is 7.28. The van der Waals surface area contributed by atoms with E-state index in [0.29, 0.717) is 5.56 Å². The Morgan fingerprint density at radius 3 is 2.79 bits per heavy atom. The summed E-state index contributed by atoms with van der Waals surface area (Å²) in [6.45, 7) is 1.78. The predicted molar refractivity (Wildman–Crippen MR) is 72.1 cm³/mol. The van der Waals surface area contributed by atoms with Crippen LogP contribution in [0.4, 0.5) is 0 Å². The zero-order valence-electron chi connectivity index (χ0n) is 10.9. The minimum absolute atomic E-state index is 0.170. The third kappa shape index (κ3) is 2.76. The van der Waals surface area contributed by atoms with E-state index in [4.69, 9.17) is 5.11 Å². The van der Waals surface area contributed by atoms with Crippen molar-refractivity contribution in [1.82, 2.24) is 9.88 Å². The number of carbonyl (C=O) groups is 2. The monoisotopic (exact) mass is 260 g/mol. The molecule has 2 N–H and O–H groups in total. The zero-order valence-corrected chi connectivity index (χ0v) is 10.9. The number of aliphatic carboxylic acids is 1. The molecule has 1 atom stereocenters. The molecule has 5 nitrogen and oxygen atoms in total. The second-order valence-corrected chi connectivity index (χ2v) is 4.70. The van der Waals surface area contributed by atoms with Crippen LogP contribution in [0.25, 0.3) is 10.9 Å². The number of benzene rings is 1. The van der Waals surface area contributed by atoms with Crippen molar-refractivity contribution >= 4 is 22.8 Å². The van der Waals surface area contributed by atoms with Crippen LogP contribution in [0.2, 0.25) is 0 Å². The molecule has 1 aromatic heterocycles. The lowest BCUT2D eigenvalue weighted by Gasteiger charge is -2.19. The highest BCUT2D eigenvalue weighted by atomic mass is 16.4. The average Bonchev–Trinajstić information content (AvgIpc) is 2.84. The number of aromatic nitrogens is 1. The molecule has 5 heteroatoms. The molecule has 1 heterocycles. The van der Waals surface area contributed by atoms with Gasteiger partial charge in [0.05, 0.1) is 5.92 Å². The quantitative estimate of drug-likeness (QED) is 0.882. The van der Waals surface area contributed by atoms with E-state index in [0.717, 1.165) is 10.9 Å². The molecule has 0 radical (unpaired) electrons. The lowest BCUT2D eigenvalue weighted by molar-refractivity contribution is -0.141. The molecule has 0 saturated heterocycles. The Bertz CT molecular complexity index is 618. The Morgan fingerprint density at radius 2 is 2.11 bits per heavy atom. The smallest absolute Gasteiger partial charge is 0.308 e. The molecule has 0 spiro atoms. The zero-order chi connectivity index (χ0) is 14.0. The van der Waals surface area contributed by atoms with Crippen molar-refractivity contribution in [1.29, 1.82) is 0 Å². The molecule has 100 valence electrons. The van der Waals surface area contributed by atoms with Crippen molar-refractivity contribution in [2.45, 2.75) is 6.92 Å². The highest BCUT2D eigenvalue weighted by molar-refractivity contribution is 5.98. The van der Waals surface area contributed by atoms with E-state index in [2.05, 4.69) is 4.98 Å². The molecular weight excluding hydrogens is 244 g/mol. The van der Waals surface area contributed by atoms with Crippen LogP contribution in [0.5, 0.6) is 0 Å². The van der Waals surface area contributed by atoms with Gasteiger partial charge in [0.1, 0.15) is 0 Å². The van der Waals surface area contributed by atoms with E-state index in [9.17, 15) is 9.59 Å². The topological polar surface area (TPSA) is 73.4 Å². The number of aromatic amines is 1. The number of nitrogens with zero attached hydrogens (tertiary/aromatic N) is 1. The summed E-state index contributed by atoms with van der Waals surface area (Å²) in [4.78, 5) is 27.5. The number of nitrogens with one attached hydrogen (secondary N) is 1. The summed E-state index contributed by atoms with van der Waals surface area (Å²) in [5.74, 6) is -1.65. The van der Waals surface area contributed by atoms with E-state index < -0.39 is 11.9 Å². The lowest BCUT2D eigenvalue weighted by atomic mass is 10.1. The van der Waals surface area contributed by atoms with Gasteiger partial charge in [-0.2, -0.15) is 0 Å². The molecular formula is C14H16N2O3. The Hall–Kier alpha value is -2.30. The van der Waals surface area contributed by atoms with Crippen molar-refractivity contribution in [2.24, 2.45) is 5.92 Å². The number of hydrogen-bond acceptors (Lipinski definition) is 2. The summed E-state index contributed by atoms with van der Waals surface area (Å²) in [5.41, 5.74) is 1.53. The maximum atomic E-state index is 12.2. The van der Waals surface area contributed by atoms with Gasteiger partial charge in [0.15, 0.2) is 0 Å². The maximum absolute atomic E-state index is 12.2. The molecule has 0 aliphatic heterocycles. The molecule has 1 aromatic carbocycles. The number of fused-ring (bicyclic) bond motifs is 1. The number of hydrogen-bond donors (Lipinski definition) is 2. The minimum Gasteiger partial charge on any atom is -0.481 e. The van der Waals surface area contributed by atoms with Crippen LogP contribution in [0, 0.1) is 5.92 Å². The normalized spacial score (nSPS) is 12.3. The Kier molecular flexibility index (Phi) is 3.55. The molecule has 2 aromatic rings. The average molecular weight is 260 g/mol. The van der Waals surface area contributed by atoms with Crippen LogP contribution in [0.15, 0.2) is 30.5 Å².